The maximum Gasteiger partial charge on any atom is 0.276 e. The van der Waals surface area contributed by atoms with Gasteiger partial charge >= 0.3 is 0 Å². The summed E-state index contributed by atoms with van der Waals surface area (Å²) in [6, 6.07) is 4.61. The summed E-state index contributed by atoms with van der Waals surface area (Å²) in [7, 11) is 0. The van der Waals surface area contributed by atoms with Gasteiger partial charge in [0.2, 0.25) is 0 Å². The first kappa shape index (κ1) is 10.5. The van der Waals surface area contributed by atoms with Crippen molar-refractivity contribution in [1.29, 1.82) is 0 Å². The van der Waals surface area contributed by atoms with Crippen LogP contribution in [0.3, 0.4) is 0 Å². The fourth-order valence-corrected chi connectivity index (χ4v) is 1.11. The van der Waals surface area contributed by atoms with Gasteiger partial charge in [-0.15, -0.1) is 0 Å². The van der Waals surface area contributed by atoms with Crippen LogP contribution in [0, 0.1) is 17.0 Å². The van der Waals surface area contributed by atoms with Gasteiger partial charge in [0, 0.05) is 6.07 Å². The molecule has 0 atom stereocenters. The predicted octanol–water partition coefficient (Wildman–Crippen LogP) is 1.27. The van der Waals surface area contributed by atoms with E-state index in [1.54, 1.807) is 19.1 Å². The first-order valence-electron chi connectivity index (χ1n) is 4.14. The second kappa shape index (κ2) is 4.57. The van der Waals surface area contributed by atoms with Crippen LogP contribution < -0.4 is 4.74 Å². The highest BCUT2D eigenvalue weighted by atomic mass is 16.6. The average Bonchev–Trinajstić information content (AvgIpc) is 2.16. The van der Waals surface area contributed by atoms with Gasteiger partial charge in [0.25, 0.3) is 5.69 Å². The Bertz CT molecular complexity index is 338. The summed E-state index contributed by atoms with van der Waals surface area (Å²) < 4.78 is 5.12. The molecule has 0 heterocycles. The van der Waals surface area contributed by atoms with Crippen LogP contribution in [-0.4, -0.2) is 23.2 Å². The molecule has 0 bridgehead atoms. The van der Waals surface area contributed by atoms with Gasteiger partial charge < -0.3 is 9.84 Å². The Morgan fingerprint density at radius 3 is 2.86 bits per heavy atom. The van der Waals surface area contributed by atoms with Crippen molar-refractivity contribution in [3.05, 3.63) is 33.9 Å². The van der Waals surface area contributed by atoms with Crippen LogP contribution in [-0.2, 0) is 0 Å². The number of nitrogens with zero attached hydrogens (tertiary/aromatic N) is 1. The van der Waals surface area contributed by atoms with Crippen LogP contribution in [0.15, 0.2) is 18.2 Å². The van der Waals surface area contributed by atoms with E-state index >= 15 is 0 Å². The molecule has 0 fully saturated rings. The Morgan fingerprint density at radius 1 is 1.57 bits per heavy atom. The first-order chi connectivity index (χ1) is 6.66. The van der Waals surface area contributed by atoms with Crippen molar-refractivity contribution < 1.29 is 14.8 Å². The summed E-state index contributed by atoms with van der Waals surface area (Å²) >= 11 is 0. The molecule has 0 radical (unpaired) electrons. The summed E-state index contributed by atoms with van der Waals surface area (Å²) in [6.45, 7) is 1.65. The minimum absolute atomic E-state index is 0.0282. The second-order valence-electron chi connectivity index (χ2n) is 2.73. The molecular weight excluding hydrogens is 186 g/mol. The Hall–Kier alpha value is -1.62. The fraction of sp³-hybridized carbons (Fsp3) is 0.333. The molecule has 0 amide bonds. The molecule has 0 saturated heterocycles. The topological polar surface area (TPSA) is 72.6 Å². The van der Waals surface area contributed by atoms with E-state index in [0.29, 0.717) is 11.3 Å². The van der Waals surface area contributed by atoms with Crippen LogP contribution >= 0.6 is 0 Å². The number of rotatable bonds is 4. The molecule has 76 valence electrons. The molecule has 0 aromatic heterocycles. The molecule has 14 heavy (non-hydrogen) atoms. The van der Waals surface area contributed by atoms with Gasteiger partial charge in [0.15, 0.2) is 0 Å². The zero-order chi connectivity index (χ0) is 10.6. The van der Waals surface area contributed by atoms with Crippen molar-refractivity contribution in [2.45, 2.75) is 6.92 Å². The van der Waals surface area contributed by atoms with Gasteiger partial charge in [0.1, 0.15) is 12.4 Å². The summed E-state index contributed by atoms with van der Waals surface area (Å²) in [4.78, 5) is 10.1. The van der Waals surface area contributed by atoms with Crippen molar-refractivity contribution >= 4 is 5.69 Å². The zero-order valence-electron chi connectivity index (χ0n) is 7.77. The number of nitro groups is 1. The molecule has 5 nitrogen and oxygen atoms in total. The summed E-state index contributed by atoms with van der Waals surface area (Å²) in [5, 5.41) is 19.1. The highest BCUT2D eigenvalue weighted by molar-refractivity contribution is 5.48. The van der Waals surface area contributed by atoms with Crippen molar-refractivity contribution in [2.75, 3.05) is 13.2 Å². The van der Waals surface area contributed by atoms with Gasteiger partial charge in [-0.3, -0.25) is 10.1 Å². The smallest absolute Gasteiger partial charge is 0.276 e. The van der Waals surface area contributed by atoms with Crippen LogP contribution in [0.4, 0.5) is 5.69 Å². The summed E-state index contributed by atoms with van der Waals surface area (Å²) in [6.07, 6.45) is 0. The summed E-state index contributed by atoms with van der Waals surface area (Å²) in [5.41, 5.74) is 0.506. The van der Waals surface area contributed by atoms with E-state index in [0.717, 1.165) is 0 Å². The highest BCUT2D eigenvalue weighted by Crippen LogP contribution is 2.26. The fourth-order valence-electron chi connectivity index (χ4n) is 1.11. The average molecular weight is 197 g/mol. The summed E-state index contributed by atoms with van der Waals surface area (Å²) in [5.74, 6) is 0.438. The zero-order valence-corrected chi connectivity index (χ0v) is 7.77. The molecule has 0 saturated carbocycles. The van der Waals surface area contributed by atoms with E-state index in [1.165, 1.54) is 6.07 Å². The van der Waals surface area contributed by atoms with Crippen molar-refractivity contribution in [1.82, 2.24) is 0 Å². The van der Waals surface area contributed by atoms with E-state index in [1.807, 2.05) is 0 Å². The lowest BCUT2D eigenvalue weighted by Crippen LogP contribution is -2.03. The third-order valence-electron chi connectivity index (χ3n) is 1.80. The molecule has 0 aliphatic rings. The molecule has 1 N–H and O–H groups in total. The quantitative estimate of drug-likeness (QED) is 0.582. The maximum absolute atomic E-state index is 10.5. The minimum Gasteiger partial charge on any atom is -0.491 e. The van der Waals surface area contributed by atoms with Gasteiger partial charge in [-0.05, 0) is 13.0 Å². The molecule has 5 heteroatoms. The van der Waals surface area contributed by atoms with E-state index < -0.39 is 4.92 Å². The second-order valence-corrected chi connectivity index (χ2v) is 2.73. The normalized spacial score (nSPS) is 9.86. The molecule has 1 aromatic rings. The lowest BCUT2D eigenvalue weighted by molar-refractivity contribution is -0.385. The Morgan fingerprint density at radius 2 is 2.29 bits per heavy atom. The third-order valence-corrected chi connectivity index (χ3v) is 1.80. The van der Waals surface area contributed by atoms with Gasteiger partial charge in [0.05, 0.1) is 17.1 Å². The number of ether oxygens (including phenoxy) is 1. The number of hydrogen-bond acceptors (Lipinski definition) is 4. The molecule has 0 spiro atoms. The molecule has 0 aliphatic heterocycles. The largest absolute Gasteiger partial charge is 0.491 e. The van der Waals surface area contributed by atoms with Crippen LogP contribution in [0.1, 0.15) is 5.56 Å². The lowest BCUT2D eigenvalue weighted by Gasteiger charge is -2.06. The number of hydrogen-bond donors (Lipinski definition) is 1. The Labute approximate surface area is 81.1 Å². The molecule has 1 aromatic carbocycles. The van der Waals surface area contributed by atoms with E-state index in [2.05, 4.69) is 0 Å². The van der Waals surface area contributed by atoms with Crippen molar-refractivity contribution in [2.24, 2.45) is 0 Å². The maximum atomic E-state index is 10.5. The van der Waals surface area contributed by atoms with Gasteiger partial charge in [-0.25, -0.2) is 0 Å². The number of aliphatic hydroxyl groups is 1. The van der Waals surface area contributed by atoms with E-state index in [-0.39, 0.29) is 18.9 Å². The lowest BCUT2D eigenvalue weighted by atomic mass is 10.2. The SMILES string of the molecule is Cc1c(OCCO)cccc1[N+](=O)[O-]. The minimum atomic E-state index is -0.457. The first-order valence-corrected chi connectivity index (χ1v) is 4.14. The van der Waals surface area contributed by atoms with Crippen LogP contribution in [0.25, 0.3) is 0 Å². The third kappa shape index (κ3) is 2.20. The van der Waals surface area contributed by atoms with Crippen LogP contribution in [0.5, 0.6) is 5.75 Å². The van der Waals surface area contributed by atoms with E-state index in [4.69, 9.17) is 9.84 Å². The van der Waals surface area contributed by atoms with E-state index in [9.17, 15) is 10.1 Å². The van der Waals surface area contributed by atoms with Crippen molar-refractivity contribution in [3.63, 3.8) is 0 Å². The molecule has 1 rings (SSSR count). The Balaban J connectivity index is 2.95. The molecular formula is C9H11NO4. The number of aliphatic hydroxyl groups excluding tert-OH is 1. The highest BCUT2D eigenvalue weighted by Gasteiger charge is 2.13. The van der Waals surface area contributed by atoms with Gasteiger partial charge in [-0.1, -0.05) is 6.07 Å². The Kier molecular flexibility index (Phi) is 3.41. The standard InChI is InChI=1S/C9H11NO4/c1-7-8(10(12)13)3-2-4-9(7)14-6-5-11/h2-4,11H,5-6H2,1H3. The van der Waals surface area contributed by atoms with Gasteiger partial charge in [-0.2, -0.15) is 0 Å². The predicted molar refractivity (Wildman–Crippen MR) is 50.4 cm³/mol. The van der Waals surface area contributed by atoms with Crippen molar-refractivity contribution in [3.8, 4) is 5.75 Å². The van der Waals surface area contributed by atoms with Crippen LogP contribution in [0.2, 0.25) is 0 Å². The number of benzene rings is 1. The molecule has 0 aliphatic carbocycles. The number of nitro benzene ring substituents is 1. The monoisotopic (exact) mass is 197 g/mol. The molecule has 0 unspecified atom stereocenters.